The van der Waals surface area contributed by atoms with Gasteiger partial charge >= 0.3 is 0 Å². The van der Waals surface area contributed by atoms with E-state index in [1.165, 1.54) is 11.4 Å². The van der Waals surface area contributed by atoms with Crippen LogP contribution in [0.15, 0.2) is 23.1 Å². The summed E-state index contributed by atoms with van der Waals surface area (Å²) in [4.78, 5) is 11.7. The molecule has 1 atom stereocenters. The number of methoxy groups -OCH3 is 1. The molecule has 1 aliphatic heterocycles. The summed E-state index contributed by atoms with van der Waals surface area (Å²) in [5.41, 5.74) is 6.40. The van der Waals surface area contributed by atoms with Gasteiger partial charge in [-0.05, 0) is 31.0 Å². The molecule has 1 amide bonds. The van der Waals surface area contributed by atoms with Gasteiger partial charge in [0, 0.05) is 37.7 Å². The molecule has 3 N–H and O–H groups in total. The van der Waals surface area contributed by atoms with Gasteiger partial charge in [-0.3, -0.25) is 4.79 Å². The lowest BCUT2D eigenvalue weighted by Gasteiger charge is -2.34. The third-order valence-electron chi connectivity index (χ3n) is 4.50. The van der Waals surface area contributed by atoms with Crippen molar-refractivity contribution in [1.82, 2.24) is 9.62 Å². The summed E-state index contributed by atoms with van der Waals surface area (Å²) < 4.78 is 32.9. The summed E-state index contributed by atoms with van der Waals surface area (Å²) in [7, 11) is -2.11. The lowest BCUT2D eigenvalue weighted by molar-refractivity contribution is -0.120. The molecule has 140 valence electrons. The van der Waals surface area contributed by atoms with Crippen LogP contribution in [-0.4, -0.2) is 44.9 Å². The number of hydrogen-bond acceptors (Lipinski definition) is 5. The number of piperidine rings is 1. The van der Waals surface area contributed by atoms with Crippen LogP contribution in [-0.2, 0) is 21.4 Å². The SMILES string of the molecule is CCC(=O)NCc1cc(S(=O)(=O)N2CCCCC2CN)ccc1OC. The van der Waals surface area contributed by atoms with Crippen LogP contribution in [0.2, 0.25) is 0 Å². The molecule has 1 aromatic rings. The van der Waals surface area contributed by atoms with E-state index >= 15 is 0 Å². The molecular weight excluding hydrogens is 342 g/mol. The van der Waals surface area contributed by atoms with Crippen molar-refractivity contribution < 1.29 is 17.9 Å². The van der Waals surface area contributed by atoms with Crippen LogP contribution in [0.4, 0.5) is 0 Å². The molecule has 0 spiro atoms. The van der Waals surface area contributed by atoms with Gasteiger partial charge in [0.25, 0.3) is 0 Å². The van der Waals surface area contributed by atoms with E-state index in [2.05, 4.69) is 5.32 Å². The summed E-state index contributed by atoms with van der Waals surface area (Å²) in [5, 5.41) is 2.75. The molecule has 1 heterocycles. The van der Waals surface area contributed by atoms with Gasteiger partial charge in [0.2, 0.25) is 15.9 Å². The fraction of sp³-hybridized carbons (Fsp3) is 0.588. The minimum absolute atomic E-state index is 0.102. The van der Waals surface area contributed by atoms with Gasteiger partial charge in [-0.25, -0.2) is 8.42 Å². The Kier molecular flexibility index (Phi) is 6.80. The van der Waals surface area contributed by atoms with Crippen LogP contribution in [0, 0.1) is 0 Å². The van der Waals surface area contributed by atoms with E-state index in [0.717, 1.165) is 19.3 Å². The topological polar surface area (TPSA) is 102 Å². The molecule has 25 heavy (non-hydrogen) atoms. The van der Waals surface area contributed by atoms with Crippen LogP contribution >= 0.6 is 0 Å². The second kappa shape index (κ2) is 8.64. The Morgan fingerprint density at radius 3 is 2.80 bits per heavy atom. The van der Waals surface area contributed by atoms with Crippen LogP contribution in [0.5, 0.6) is 5.75 Å². The molecule has 2 rings (SSSR count). The van der Waals surface area contributed by atoms with Gasteiger partial charge in [-0.15, -0.1) is 0 Å². The van der Waals surface area contributed by atoms with Crippen LogP contribution in [0.1, 0.15) is 38.2 Å². The molecule has 0 bridgehead atoms. The molecule has 1 aliphatic rings. The van der Waals surface area contributed by atoms with E-state index < -0.39 is 10.0 Å². The number of sulfonamides is 1. The number of rotatable bonds is 7. The number of nitrogens with one attached hydrogen (secondary N) is 1. The van der Waals surface area contributed by atoms with E-state index in [-0.39, 0.29) is 23.4 Å². The van der Waals surface area contributed by atoms with Gasteiger partial charge in [-0.2, -0.15) is 4.31 Å². The number of carbonyl (C=O) groups excluding carboxylic acids is 1. The molecule has 0 aromatic heterocycles. The second-order valence-electron chi connectivity index (χ2n) is 6.10. The molecule has 1 unspecified atom stereocenters. The van der Waals surface area contributed by atoms with Crippen molar-refractivity contribution in [2.45, 2.75) is 50.1 Å². The first-order valence-electron chi connectivity index (χ1n) is 8.59. The van der Waals surface area contributed by atoms with Crippen molar-refractivity contribution >= 4 is 15.9 Å². The largest absolute Gasteiger partial charge is 0.496 e. The van der Waals surface area contributed by atoms with Crippen LogP contribution in [0.25, 0.3) is 0 Å². The highest BCUT2D eigenvalue weighted by atomic mass is 32.2. The molecule has 7 nitrogen and oxygen atoms in total. The first kappa shape index (κ1) is 19.7. The Morgan fingerprint density at radius 1 is 1.40 bits per heavy atom. The van der Waals surface area contributed by atoms with Gasteiger partial charge in [0.1, 0.15) is 5.75 Å². The lowest BCUT2D eigenvalue weighted by atomic mass is 10.1. The summed E-state index contributed by atoms with van der Waals surface area (Å²) in [6.45, 7) is 2.78. The highest BCUT2D eigenvalue weighted by Gasteiger charge is 2.33. The average molecular weight is 369 g/mol. The predicted molar refractivity (Wildman–Crippen MR) is 95.7 cm³/mol. The summed E-state index contributed by atoms with van der Waals surface area (Å²) in [6, 6.07) is 4.58. The Bertz CT molecular complexity index is 706. The zero-order valence-corrected chi connectivity index (χ0v) is 15.6. The molecule has 1 saturated heterocycles. The normalized spacial score (nSPS) is 18.8. The van der Waals surface area contributed by atoms with E-state index in [4.69, 9.17) is 10.5 Å². The molecular formula is C17H27N3O4S. The monoisotopic (exact) mass is 369 g/mol. The third-order valence-corrected chi connectivity index (χ3v) is 6.45. The summed E-state index contributed by atoms with van der Waals surface area (Å²) in [6.07, 6.45) is 2.98. The van der Waals surface area contributed by atoms with Gasteiger partial charge in [0.05, 0.1) is 12.0 Å². The van der Waals surface area contributed by atoms with Crippen molar-refractivity contribution in [2.24, 2.45) is 5.73 Å². The number of nitrogens with two attached hydrogens (primary N) is 1. The smallest absolute Gasteiger partial charge is 0.243 e. The zero-order valence-electron chi connectivity index (χ0n) is 14.8. The molecule has 1 aromatic carbocycles. The van der Waals surface area contributed by atoms with Crippen molar-refractivity contribution in [3.63, 3.8) is 0 Å². The van der Waals surface area contributed by atoms with Gasteiger partial charge in [-0.1, -0.05) is 13.3 Å². The van der Waals surface area contributed by atoms with Crippen LogP contribution in [0.3, 0.4) is 0 Å². The Balaban J connectivity index is 2.32. The number of nitrogens with zero attached hydrogens (tertiary/aromatic N) is 1. The molecule has 0 aliphatic carbocycles. The van der Waals surface area contributed by atoms with Crippen molar-refractivity contribution in [3.8, 4) is 5.75 Å². The average Bonchev–Trinajstić information content (AvgIpc) is 2.65. The third kappa shape index (κ3) is 4.50. The Morgan fingerprint density at radius 2 is 2.16 bits per heavy atom. The highest BCUT2D eigenvalue weighted by Crippen LogP contribution is 2.28. The summed E-state index contributed by atoms with van der Waals surface area (Å²) in [5.74, 6) is 0.443. The number of amides is 1. The number of hydrogen-bond donors (Lipinski definition) is 2. The fourth-order valence-electron chi connectivity index (χ4n) is 3.03. The zero-order chi connectivity index (χ0) is 18.4. The fourth-order valence-corrected chi connectivity index (χ4v) is 4.79. The van der Waals surface area contributed by atoms with E-state index in [9.17, 15) is 13.2 Å². The Labute approximate surface area is 149 Å². The maximum absolute atomic E-state index is 13.0. The summed E-state index contributed by atoms with van der Waals surface area (Å²) >= 11 is 0. The minimum Gasteiger partial charge on any atom is -0.496 e. The quantitative estimate of drug-likeness (QED) is 0.752. The molecule has 0 radical (unpaired) electrons. The van der Waals surface area contributed by atoms with Crippen molar-refractivity contribution in [3.05, 3.63) is 23.8 Å². The van der Waals surface area contributed by atoms with E-state index in [1.54, 1.807) is 25.1 Å². The van der Waals surface area contributed by atoms with Gasteiger partial charge < -0.3 is 15.8 Å². The number of ether oxygens (including phenoxy) is 1. The van der Waals surface area contributed by atoms with E-state index in [1.807, 2.05) is 0 Å². The highest BCUT2D eigenvalue weighted by molar-refractivity contribution is 7.89. The maximum atomic E-state index is 13.0. The molecule has 8 heteroatoms. The maximum Gasteiger partial charge on any atom is 0.243 e. The first-order chi connectivity index (χ1) is 11.9. The molecule has 1 fully saturated rings. The number of carbonyl (C=O) groups is 1. The van der Waals surface area contributed by atoms with Crippen molar-refractivity contribution in [2.75, 3.05) is 20.2 Å². The first-order valence-corrected chi connectivity index (χ1v) is 10.0. The predicted octanol–water partition coefficient (Wildman–Crippen LogP) is 1.22. The second-order valence-corrected chi connectivity index (χ2v) is 8.00. The van der Waals surface area contributed by atoms with Crippen molar-refractivity contribution in [1.29, 1.82) is 0 Å². The minimum atomic E-state index is -3.63. The Hall–Kier alpha value is -1.64. The number of benzene rings is 1. The molecule has 0 saturated carbocycles. The van der Waals surface area contributed by atoms with Gasteiger partial charge in [0.15, 0.2) is 0 Å². The van der Waals surface area contributed by atoms with E-state index in [0.29, 0.717) is 30.8 Å². The standard InChI is InChI=1S/C17H27N3O4S/c1-3-17(21)19-12-13-10-15(7-8-16(13)24-2)25(22,23)20-9-5-4-6-14(20)11-18/h7-8,10,14H,3-6,9,11-12,18H2,1-2H3,(H,19,21). The lowest BCUT2D eigenvalue weighted by Crippen LogP contribution is -2.47. The van der Waals surface area contributed by atoms with Crippen LogP contribution < -0.4 is 15.8 Å².